The number of phenols is 1. The summed E-state index contributed by atoms with van der Waals surface area (Å²) >= 11 is 0. The third-order valence-electron chi connectivity index (χ3n) is 4.38. The number of aromatic hydroxyl groups is 1. The van der Waals surface area contributed by atoms with Gasteiger partial charge >= 0.3 is 0 Å². The van der Waals surface area contributed by atoms with E-state index in [1.54, 1.807) is 13.2 Å². The molecule has 2 aromatic rings. The number of halogens is 2. The van der Waals surface area contributed by atoms with Crippen molar-refractivity contribution in [2.45, 2.75) is 25.9 Å². The highest BCUT2D eigenvalue weighted by Crippen LogP contribution is 2.20. The third kappa shape index (κ3) is 5.89. The summed E-state index contributed by atoms with van der Waals surface area (Å²) in [6.07, 6.45) is 2.15. The van der Waals surface area contributed by atoms with Crippen LogP contribution in [0.2, 0.25) is 0 Å². The lowest BCUT2D eigenvalue weighted by atomic mass is 10.0. The van der Waals surface area contributed by atoms with Crippen LogP contribution in [0.3, 0.4) is 0 Å². The van der Waals surface area contributed by atoms with Gasteiger partial charge in [-0.1, -0.05) is 12.1 Å². The van der Waals surface area contributed by atoms with Crippen LogP contribution < -0.4 is 15.4 Å². The molecule has 0 atom stereocenters. The van der Waals surface area contributed by atoms with Crippen LogP contribution in [0.15, 0.2) is 36.4 Å². The summed E-state index contributed by atoms with van der Waals surface area (Å²) in [5.74, 6) is 1.35. The van der Waals surface area contributed by atoms with E-state index in [-0.39, 0.29) is 29.4 Å². The largest absolute Gasteiger partial charge is 0.508 e. The van der Waals surface area contributed by atoms with Crippen molar-refractivity contribution in [3.63, 3.8) is 0 Å². The Morgan fingerprint density at radius 2 is 1.40 bits per heavy atom. The van der Waals surface area contributed by atoms with Crippen LogP contribution in [-0.4, -0.2) is 25.3 Å². The zero-order chi connectivity index (χ0) is 16.1. The maximum atomic E-state index is 9.17. The predicted molar refractivity (Wildman–Crippen MR) is 109 cm³/mol. The van der Waals surface area contributed by atoms with Crippen LogP contribution in [0.1, 0.15) is 22.3 Å². The highest BCUT2D eigenvalue weighted by molar-refractivity contribution is 8.93. The molecule has 2 aliphatic heterocycles. The quantitative estimate of drug-likeness (QED) is 0.650. The van der Waals surface area contributed by atoms with E-state index < -0.39 is 0 Å². The van der Waals surface area contributed by atoms with Crippen LogP contribution >= 0.6 is 29.4 Å². The maximum Gasteiger partial charge on any atom is 0.119 e. The molecule has 4 rings (SSSR count). The van der Waals surface area contributed by atoms with Crippen molar-refractivity contribution in [1.29, 1.82) is 0 Å². The summed E-state index contributed by atoms with van der Waals surface area (Å²) < 4.78 is 5.16. The Bertz CT molecular complexity index is 682. The molecular formula is C19H26BrClN2O2. The van der Waals surface area contributed by atoms with E-state index >= 15 is 0 Å². The van der Waals surface area contributed by atoms with Gasteiger partial charge in [0, 0.05) is 13.1 Å². The van der Waals surface area contributed by atoms with Gasteiger partial charge in [0.25, 0.3) is 0 Å². The van der Waals surface area contributed by atoms with Gasteiger partial charge in [0.1, 0.15) is 11.5 Å². The van der Waals surface area contributed by atoms with Crippen molar-refractivity contribution in [1.82, 2.24) is 10.6 Å². The van der Waals surface area contributed by atoms with Gasteiger partial charge in [0.05, 0.1) is 7.11 Å². The predicted octanol–water partition coefficient (Wildman–Crippen LogP) is 3.38. The van der Waals surface area contributed by atoms with Crippen molar-refractivity contribution in [2.24, 2.45) is 0 Å². The molecule has 25 heavy (non-hydrogen) atoms. The van der Waals surface area contributed by atoms with Gasteiger partial charge in [0.15, 0.2) is 0 Å². The Labute approximate surface area is 166 Å². The monoisotopic (exact) mass is 428 g/mol. The molecule has 0 radical (unpaired) electrons. The molecule has 6 heteroatoms. The molecule has 138 valence electrons. The lowest BCUT2D eigenvalue weighted by Gasteiger charge is -2.17. The van der Waals surface area contributed by atoms with Crippen LogP contribution in [0.4, 0.5) is 0 Å². The standard InChI is InChI=1S/C10H13NO.C9H11NO.BrH.ClH/c1-12-10-3-2-9-7-11-5-4-8(9)6-10;11-9-2-1-8-6-10-4-3-7(8)5-9;;/h2-3,6,11H,4-5,7H2,1H3;1-2,5,10-11H,3-4,6H2;2*1H. The molecule has 2 aliphatic rings. The van der Waals surface area contributed by atoms with E-state index in [9.17, 15) is 0 Å². The average molecular weight is 430 g/mol. The molecule has 0 aliphatic carbocycles. The Hall–Kier alpha value is -1.27. The van der Waals surface area contributed by atoms with Crippen molar-refractivity contribution >= 4 is 29.4 Å². The number of benzene rings is 2. The highest BCUT2D eigenvalue weighted by atomic mass is 79.9. The van der Waals surface area contributed by atoms with Crippen LogP contribution in [-0.2, 0) is 25.9 Å². The van der Waals surface area contributed by atoms with Crippen molar-refractivity contribution in [3.05, 3.63) is 58.7 Å². The van der Waals surface area contributed by atoms with Gasteiger partial charge in [-0.05, 0) is 72.5 Å². The highest BCUT2D eigenvalue weighted by Gasteiger charge is 2.08. The SMILES string of the molecule is Br.COc1ccc2c(c1)CCNC2.Cl.Oc1ccc2c(c1)CCNC2. The minimum atomic E-state index is 0. The van der Waals surface area contributed by atoms with E-state index in [1.807, 2.05) is 18.2 Å². The summed E-state index contributed by atoms with van der Waals surface area (Å²) in [6.45, 7) is 4.05. The molecular weight excluding hydrogens is 404 g/mol. The first-order chi connectivity index (χ1) is 11.3. The molecule has 0 amide bonds. The Balaban J connectivity index is 0.000000232. The van der Waals surface area contributed by atoms with Crippen molar-refractivity contribution in [3.8, 4) is 11.5 Å². The first kappa shape index (κ1) is 21.8. The maximum absolute atomic E-state index is 9.17. The smallest absolute Gasteiger partial charge is 0.119 e. The summed E-state index contributed by atoms with van der Waals surface area (Å²) in [7, 11) is 1.71. The lowest BCUT2D eigenvalue weighted by molar-refractivity contribution is 0.413. The fraction of sp³-hybridized carbons (Fsp3) is 0.368. The molecule has 0 spiro atoms. The summed E-state index contributed by atoms with van der Waals surface area (Å²) in [5.41, 5.74) is 5.42. The van der Waals surface area contributed by atoms with Gasteiger partial charge < -0.3 is 20.5 Å². The van der Waals surface area contributed by atoms with E-state index in [4.69, 9.17) is 9.84 Å². The first-order valence-corrected chi connectivity index (χ1v) is 8.14. The van der Waals surface area contributed by atoms with Crippen LogP contribution in [0, 0.1) is 0 Å². The minimum Gasteiger partial charge on any atom is -0.508 e. The number of hydrogen-bond acceptors (Lipinski definition) is 4. The van der Waals surface area contributed by atoms with E-state index in [0.29, 0.717) is 5.75 Å². The molecule has 0 saturated heterocycles. The molecule has 0 unspecified atom stereocenters. The lowest BCUT2D eigenvalue weighted by Crippen LogP contribution is -2.23. The second-order valence-electron chi connectivity index (χ2n) is 5.94. The summed E-state index contributed by atoms with van der Waals surface area (Å²) in [4.78, 5) is 0. The van der Waals surface area contributed by atoms with Gasteiger partial charge in [-0.2, -0.15) is 0 Å². The zero-order valence-electron chi connectivity index (χ0n) is 14.4. The number of rotatable bonds is 1. The fourth-order valence-corrected chi connectivity index (χ4v) is 3.04. The number of hydrogen-bond donors (Lipinski definition) is 3. The molecule has 2 aromatic carbocycles. The second kappa shape index (κ2) is 10.7. The van der Waals surface area contributed by atoms with Crippen molar-refractivity contribution < 1.29 is 9.84 Å². The number of ether oxygens (including phenoxy) is 1. The minimum absolute atomic E-state index is 0. The average Bonchev–Trinajstić information content (AvgIpc) is 2.61. The Morgan fingerprint density at radius 1 is 0.840 bits per heavy atom. The Kier molecular flexibility index (Phi) is 9.28. The molecule has 0 fully saturated rings. The molecule has 4 nitrogen and oxygen atoms in total. The fourth-order valence-electron chi connectivity index (χ4n) is 3.04. The molecule has 0 aromatic heterocycles. The Morgan fingerprint density at radius 3 is 2.00 bits per heavy atom. The number of nitrogens with one attached hydrogen (secondary N) is 2. The van der Waals surface area contributed by atoms with Crippen LogP contribution in [0.25, 0.3) is 0 Å². The van der Waals surface area contributed by atoms with Crippen molar-refractivity contribution in [2.75, 3.05) is 20.2 Å². The molecule has 0 bridgehead atoms. The topological polar surface area (TPSA) is 53.5 Å². The van der Waals surface area contributed by atoms with Crippen LogP contribution in [0.5, 0.6) is 11.5 Å². The van der Waals surface area contributed by atoms with E-state index in [1.165, 1.54) is 22.3 Å². The van der Waals surface area contributed by atoms with Gasteiger partial charge in [-0.3, -0.25) is 0 Å². The molecule has 3 N–H and O–H groups in total. The zero-order valence-corrected chi connectivity index (χ0v) is 16.9. The first-order valence-electron chi connectivity index (χ1n) is 8.14. The number of phenolic OH excluding ortho intramolecular Hbond substituents is 1. The number of methoxy groups -OCH3 is 1. The third-order valence-corrected chi connectivity index (χ3v) is 4.38. The van der Waals surface area contributed by atoms with Gasteiger partial charge in [-0.25, -0.2) is 0 Å². The van der Waals surface area contributed by atoms with Gasteiger partial charge in [-0.15, -0.1) is 29.4 Å². The summed E-state index contributed by atoms with van der Waals surface area (Å²) in [6, 6.07) is 11.9. The number of fused-ring (bicyclic) bond motifs is 2. The summed E-state index contributed by atoms with van der Waals surface area (Å²) in [5, 5.41) is 15.8. The van der Waals surface area contributed by atoms with E-state index in [2.05, 4.69) is 22.8 Å². The van der Waals surface area contributed by atoms with E-state index in [0.717, 1.165) is 44.8 Å². The second-order valence-corrected chi connectivity index (χ2v) is 5.94. The molecule has 0 saturated carbocycles. The normalized spacial score (nSPS) is 14.4. The van der Waals surface area contributed by atoms with Gasteiger partial charge in [0.2, 0.25) is 0 Å². The molecule has 2 heterocycles.